The number of aromatic nitrogens is 1. The topological polar surface area (TPSA) is 42.1 Å². The fourth-order valence-electron chi connectivity index (χ4n) is 1.88. The van der Waals surface area contributed by atoms with E-state index < -0.39 is 11.7 Å². The summed E-state index contributed by atoms with van der Waals surface area (Å²) < 4.78 is 38.0. The summed E-state index contributed by atoms with van der Waals surface area (Å²) in [6.45, 7) is 0. The monoisotopic (exact) mass is 327 g/mol. The van der Waals surface area contributed by atoms with Crippen molar-refractivity contribution < 1.29 is 13.2 Å². The number of hydrazine groups is 1. The highest BCUT2D eigenvalue weighted by atomic mass is 35.5. The first kappa shape index (κ1) is 16.3. The summed E-state index contributed by atoms with van der Waals surface area (Å²) in [5.41, 5.74) is 0.682. The minimum atomic E-state index is -4.40. The molecule has 0 unspecified atom stereocenters. The highest BCUT2D eigenvalue weighted by molar-refractivity contribution is 6.32. The van der Waals surface area contributed by atoms with Crippen LogP contribution in [0.3, 0.4) is 0 Å². The van der Waals surface area contributed by atoms with Crippen molar-refractivity contribution in [1.82, 2.24) is 4.98 Å². The molecular formula is C15H13ClF3N3. The molecule has 116 valence electrons. The normalized spacial score (nSPS) is 11.9. The molecule has 0 fully saturated rings. The van der Waals surface area contributed by atoms with Gasteiger partial charge in [0.05, 0.1) is 16.9 Å². The molecule has 0 amide bonds. The average molecular weight is 328 g/mol. The summed E-state index contributed by atoms with van der Waals surface area (Å²) in [6, 6.07) is 7.06. The predicted molar refractivity (Wildman–Crippen MR) is 82.2 cm³/mol. The van der Waals surface area contributed by atoms with Crippen molar-refractivity contribution in [2.24, 2.45) is 5.84 Å². The Morgan fingerprint density at radius 3 is 2.59 bits per heavy atom. The van der Waals surface area contributed by atoms with E-state index in [1.165, 1.54) is 11.1 Å². The van der Waals surface area contributed by atoms with E-state index in [4.69, 9.17) is 17.4 Å². The maximum atomic E-state index is 12.7. The zero-order chi connectivity index (χ0) is 16.3. The molecule has 0 aliphatic carbocycles. The zero-order valence-electron chi connectivity index (χ0n) is 11.6. The van der Waals surface area contributed by atoms with Gasteiger partial charge in [-0.05, 0) is 36.4 Å². The van der Waals surface area contributed by atoms with Crippen molar-refractivity contribution in [2.45, 2.75) is 6.18 Å². The molecule has 2 aromatic rings. The lowest BCUT2D eigenvalue weighted by atomic mass is 10.1. The van der Waals surface area contributed by atoms with Gasteiger partial charge >= 0.3 is 6.18 Å². The van der Waals surface area contributed by atoms with Crippen molar-refractivity contribution >= 4 is 29.4 Å². The number of hydrogen-bond donors (Lipinski definition) is 1. The maximum Gasteiger partial charge on any atom is 0.416 e. The standard InChI is InChI=1S/C15H13ClF3N3/c1-22(20)14-4-2-3-13(16)12(14)6-5-11-9-10(7-8-21-11)15(17,18)19/h2-9H,20H2,1H3/b6-5+. The molecule has 0 atom stereocenters. The molecule has 0 saturated carbocycles. The van der Waals surface area contributed by atoms with Crippen molar-refractivity contribution in [3.05, 3.63) is 58.4 Å². The van der Waals surface area contributed by atoms with Gasteiger partial charge in [-0.25, -0.2) is 5.84 Å². The number of alkyl halides is 3. The van der Waals surface area contributed by atoms with Crippen LogP contribution in [-0.2, 0) is 6.18 Å². The second kappa shape index (κ2) is 6.37. The Bertz CT molecular complexity index is 697. The summed E-state index contributed by atoms with van der Waals surface area (Å²) >= 11 is 6.11. The second-order valence-corrected chi connectivity index (χ2v) is 4.99. The maximum absolute atomic E-state index is 12.7. The van der Waals surface area contributed by atoms with Crippen LogP contribution >= 0.6 is 11.6 Å². The number of nitrogens with zero attached hydrogens (tertiary/aromatic N) is 2. The van der Waals surface area contributed by atoms with E-state index in [0.717, 1.165) is 18.3 Å². The fraction of sp³-hybridized carbons (Fsp3) is 0.133. The lowest BCUT2D eigenvalue weighted by Crippen LogP contribution is -2.25. The molecular weight excluding hydrogens is 315 g/mol. The van der Waals surface area contributed by atoms with Crippen molar-refractivity contribution in [3.63, 3.8) is 0 Å². The van der Waals surface area contributed by atoms with Crippen LogP contribution in [0.2, 0.25) is 5.02 Å². The molecule has 0 spiro atoms. The van der Waals surface area contributed by atoms with Crippen LogP contribution in [-0.4, -0.2) is 12.0 Å². The van der Waals surface area contributed by atoms with E-state index >= 15 is 0 Å². The molecule has 22 heavy (non-hydrogen) atoms. The van der Waals surface area contributed by atoms with Crippen LogP contribution < -0.4 is 10.9 Å². The van der Waals surface area contributed by atoms with Crippen LogP contribution in [0.25, 0.3) is 12.2 Å². The van der Waals surface area contributed by atoms with Gasteiger partial charge < -0.3 is 5.01 Å². The Morgan fingerprint density at radius 1 is 1.23 bits per heavy atom. The molecule has 3 nitrogen and oxygen atoms in total. The van der Waals surface area contributed by atoms with E-state index in [2.05, 4.69) is 4.98 Å². The van der Waals surface area contributed by atoms with E-state index in [1.54, 1.807) is 31.3 Å². The third kappa shape index (κ3) is 3.78. The largest absolute Gasteiger partial charge is 0.416 e. The molecule has 7 heteroatoms. The summed E-state index contributed by atoms with van der Waals surface area (Å²) in [4.78, 5) is 3.90. The van der Waals surface area contributed by atoms with Gasteiger partial charge in [-0.2, -0.15) is 13.2 Å². The minimum absolute atomic E-state index is 0.181. The van der Waals surface area contributed by atoms with Gasteiger partial charge in [-0.1, -0.05) is 17.7 Å². The van der Waals surface area contributed by atoms with Crippen LogP contribution in [0.5, 0.6) is 0 Å². The van der Waals surface area contributed by atoms with Crippen LogP contribution in [0, 0.1) is 0 Å². The summed E-state index contributed by atoms with van der Waals surface area (Å²) in [5, 5.41) is 1.82. The van der Waals surface area contributed by atoms with E-state index in [1.807, 2.05) is 0 Å². The number of halogens is 4. The molecule has 2 N–H and O–H groups in total. The lowest BCUT2D eigenvalue weighted by molar-refractivity contribution is -0.137. The molecule has 1 aromatic heterocycles. The summed E-state index contributed by atoms with van der Waals surface area (Å²) in [6.07, 6.45) is -0.239. The second-order valence-electron chi connectivity index (χ2n) is 4.58. The predicted octanol–water partition coefficient (Wildman–Crippen LogP) is 4.23. The number of rotatable bonds is 3. The van der Waals surface area contributed by atoms with Gasteiger partial charge in [0.15, 0.2) is 0 Å². The zero-order valence-corrected chi connectivity index (χ0v) is 12.4. The Labute approximate surface area is 130 Å². The summed E-state index contributed by atoms with van der Waals surface area (Å²) in [5.74, 6) is 5.71. The first-order valence-corrected chi connectivity index (χ1v) is 6.65. The van der Waals surface area contributed by atoms with Crippen LogP contribution in [0.1, 0.15) is 16.8 Å². The molecule has 0 radical (unpaired) electrons. The molecule has 1 heterocycles. The van der Waals surface area contributed by atoms with E-state index in [0.29, 0.717) is 16.3 Å². The van der Waals surface area contributed by atoms with Gasteiger partial charge in [0.2, 0.25) is 0 Å². The molecule has 0 saturated heterocycles. The Hall–Kier alpha value is -2.05. The van der Waals surface area contributed by atoms with Gasteiger partial charge in [-0.15, -0.1) is 0 Å². The van der Waals surface area contributed by atoms with Crippen molar-refractivity contribution in [1.29, 1.82) is 0 Å². The third-order valence-corrected chi connectivity index (χ3v) is 3.27. The van der Waals surface area contributed by atoms with Crippen molar-refractivity contribution in [3.8, 4) is 0 Å². The van der Waals surface area contributed by atoms with E-state index in [-0.39, 0.29) is 5.69 Å². The van der Waals surface area contributed by atoms with Gasteiger partial charge in [0, 0.05) is 23.8 Å². The highest BCUT2D eigenvalue weighted by Gasteiger charge is 2.30. The molecule has 0 aliphatic rings. The number of hydrogen-bond acceptors (Lipinski definition) is 3. The quantitative estimate of drug-likeness (QED) is 0.677. The Morgan fingerprint density at radius 2 is 1.95 bits per heavy atom. The van der Waals surface area contributed by atoms with Crippen molar-refractivity contribution in [2.75, 3.05) is 12.1 Å². The first-order chi connectivity index (χ1) is 10.3. The molecule has 0 aliphatic heterocycles. The molecule has 0 bridgehead atoms. The highest BCUT2D eigenvalue weighted by Crippen LogP contribution is 2.30. The molecule has 2 rings (SSSR count). The lowest BCUT2D eigenvalue weighted by Gasteiger charge is -2.16. The fourth-order valence-corrected chi connectivity index (χ4v) is 2.12. The van der Waals surface area contributed by atoms with Gasteiger partial charge in [0.25, 0.3) is 0 Å². The molecule has 1 aromatic carbocycles. The van der Waals surface area contributed by atoms with Crippen LogP contribution in [0.15, 0.2) is 36.5 Å². The Balaban J connectivity index is 2.38. The van der Waals surface area contributed by atoms with Gasteiger partial charge in [0.1, 0.15) is 0 Å². The van der Waals surface area contributed by atoms with Gasteiger partial charge in [-0.3, -0.25) is 4.98 Å². The van der Waals surface area contributed by atoms with E-state index in [9.17, 15) is 13.2 Å². The number of nitrogens with two attached hydrogens (primary N) is 1. The smallest absolute Gasteiger partial charge is 0.313 e. The Kier molecular flexibility index (Phi) is 4.73. The number of benzene rings is 1. The SMILES string of the molecule is CN(N)c1cccc(Cl)c1/C=C/c1cc(C(F)(F)F)ccn1. The minimum Gasteiger partial charge on any atom is -0.313 e. The number of pyridine rings is 1. The summed E-state index contributed by atoms with van der Waals surface area (Å²) in [7, 11) is 1.64. The van der Waals surface area contributed by atoms with Crippen LogP contribution in [0.4, 0.5) is 18.9 Å². The average Bonchev–Trinajstić information content (AvgIpc) is 2.45. The number of anilines is 1. The third-order valence-electron chi connectivity index (χ3n) is 2.94. The first-order valence-electron chi connectivity index (χ1n) is 6.27.